The maximum atomic E-state index is 11.3. The monoisotopic (exact) mass is 228 g/mol. The van der Waals surface area contributed by atoms with E-state index in [1.54, 1.807) is 4.57 Å². The van der Waals surface area contributed by atoms with E-state index in [-0.39, 0.29) is 5.69 Å². The summed E-state index contributed by atoms with van der Waals surface area (Å²) in [4.78, 5) is 29.6. The van der Waals surface area contributed by atoms with Crippen molar-refractivity contribution >= 4 is 11.9 Å². The third kappa shape index (κ3) is 3.67. The van der Waals surface area contributed by atoms with Crippen LogP contribution in [0.1, 0.15) is 10.5 Å². The van der Waals surface area contributed by atoms with Gasteiger partial charge in [0.2, 0.25) is 0 Å². The molecule has 0 fully saturated rings. The molecule has 0 atom stereocenters. The first-order chi connectivity index (χ1) is 7.63. The van der Waals surface area contributed by atoms with Gasteiger partial charge in [0.05, 0.1) is 6.33 Å². The Labute approximate surface area is 91.0 Å². The molecule has 0 radical (unpaired) electrons. The minimum Gasteiger partial charge on any atom is -0.479 e. The number of carboxylic acid groups (broad SMARTS) is 1. The summed E-state index contributed by atoms with van der Waals surface area (Å²) >= 11 is 0. The van der Waals surface area contributed by atoms with Crippen molar-refractivity contribution in [1.29, 1.82) is 0 Å². The van der Waals surface area contributed by atoms with Crippen LogP contribution >= 0.6 is 0 Å². The van der Waals surface area contributed by atoms with Gasteiger partial charge in [0, 0.05) is 19.3 Å². The van der Waals surface area contributed by atoms with E-state index in [1.807, 2.05) is 5.48 Å². The lowest BCUT2D eigenvalue weighted by molar-refractivity contribution is -0.144. The lowest BCUT2D eigenvalue weighted by atomic mass is 10.4. The zero-order valence-corrected chi connectivity index (χ0v) is 8.42. The molecule has 0 saturated carbocycles. The van der Waals surface area contributed by atoms with Crippen molar-refractivity contribution in [3.05, 3.63) is 18.2 Å². The topological polar surface area (TPSA) is 119 Å². The van der Waals surface area contributed by atoms with Crippen molar-refractivity contribution in [2.75, 3.05) is 13.2 Å². The smallest absolute Gasteiger partial charge is 0.332 e. The minimum absolute atomic E-state index is 0.138. The van der Waals surface area contributed by atoms with Crippen LogP contribution in [0.2, 0.25) is 0 Å². The second kappa shape index (κ2) is 5.83. The number of hydrogen-bond acceptors (Lipinski definition) is 5. The van der Waals surface area contributed by atoms with Crippen molar-refractivity contribution in [3.8, 4) is 0 Å². The number of aromatic nitrogens is 2. The quantitative estimate of drug-likeness (QED) is 0.514. The number of imidazole rings is 1. The molecule has 4 N–H and O–H groups in total. The normalized spacial score (nSPS) is 10.1. The summed E-state index contributed by atoms with van der Waals surface area (Å²) < 4.78 is 1.64. The number of aliphatic carboxylic acids is 1. The van der Waals surface area contributed by atoms with Crippen LogP contribution in [0.25, 0.3) is 0 Å². The Morgan fingerprint density at radius 3 is 3.00 bits per heavy atom. The van der Waals surface area contributed by atoms with E-state index < -0.39 is 18.5 Å². The molecule has 8 heteroatoms. The molecule has 0 aliphatic carbocycles. The van der Waals surface area contributed by atoms with E-state index in [4.69, 9.17) is 10.8 Å². The summed E-state index contributed by atoms with van der Waals surface area (Å²) in [5.41, 5.74) is 7.42. The predicted molar refractivity (Wildman–Crippen MR) is 52.3 cm³/mol. The Morgan fingerprint density at radius 1 is 1.62 bits per heavy atom. The molecule has 0 spiro atoms. The van der Waals surface area contributed by atoms with Gasteiger partial charge >= 0.3 is 5.97 Å². The number of amides is 1. The lowest BCUT2D eigenvalue weighted by Crippen LogP contribution is -2.26. The second-order valence-corrected chi connectivity index (χ2v) is 2.90. The van der Waals surface area contributed by atoms with Gasteiger partial charge in [-0.1, -0.05) is 0 Å². The number of carbonyl (C=O) groups excluding carboxylic acids is 1. The van der Waals surface area contributed by atoms with Crippen LogP contribution in [0.5, 0.6) is 0 Å². The van der Waals surface area contributed by atoms with Crippen molar-refractivity contribution in [2.24, 2.45) is 5.73 Å². The fourth-order valence-electron chi connectivity index (χ4n) is 0.964. The Kier molecular flexibility index (Phi) is 4.42. The molecule has 16 heavy (non-hydrogen) atoms. The SMILES string of the molecule is NCCn1cnc(C(=O)NOCC(=O)O)c1. The van der Waals surface area contributed by atoms with Crippen LogP contribution in [-0.4, -0.2) is 39.7 Å². The average Bonchev–Trinajstić information content (AvgIpc) is 2.66. The van der Waals surface area contributed by atoms with Crippen molar-refractivity contribution in [3.63, 3.8) is 0 Å². The minimum atomic E-state index is -1.17. The highest BCUT2D eigenvalue weighted by Gasteiger charge is 2.09. The van der Waals surface area contributed by atoms with E-state index in [9.17, 15) is 9.59 Å². The fourth-order valence-corrected chi connectivity index (χ4v) is 0.964. The summed E-state index contributed by atoms with van der Waals surface area (Å²) in [5.74, 6) is -1.77. The standard InChI is InChI=1S/C8H12N4O4/c9-1-2-12-3-6(10-5-12)8(15)11-16-4-7(13)14/h3,5H,1-2,4,9H2,(H,11,15)(H,13,14). The Morgan fingerprint density at radius 2 is 2.38 bits per heavy atom. The molecule has 88 valence electrons. The molecular formula is C8H12N4O4. The van der Waals surface area contributed by atoms with Crippen LogP contribution in [0.15, 0.2) is 12.5 Å². The van der Waals surface area contributed by atoms with Gasteiger partial charge in [-0.3, -0.25) is 9.63 Å². The number of nitrogens with one attached hydrogen (secondary N) is 1. The molecule has 1 amide bonds. The number of hydroxylamine groups is 1. The number of nitrogens with zero attached hydrogens (tertiary/aromatic N) is 2. The largest absolute Gasteiger partial charge is 0.479 e. The van der Waals surface area contributed by atoms with Crippen LogP contribution in [-0.2, 0) is 16.2 Å². The highest BCUT2D eigenvalue weighted by molar-refractivity contribution is 5.91. The molecular weight excluding hydrogens is 216 g/mol. The fraction of sp³-hybridized carbons (Fsp3) is 0.375. The van der Waals surface area contributed by atoms with E-state index in [1.165, 1.54) is 12.5 Å². The van der Waals surface area contributed by atoms with Crippen LogP contribution in [0, 0.1) is 0 Å². The van der Waals surface area contributed by atoms with Gasteiger partial charge < -0.3 is 15.4 Å². The van der Waals surface area contributed by atoms with E-state index in [0.717, 1.165) is 0 Å². The third-order valence-corrected chi connectivity index (χ3v) is 1.61. The van der Waals surface area contributed by atoms with Crippen LogP contribution < -0.4 is 11.2 Å². The van der Waals surface area contributed by atoms with Gasteiger partial charge in [-0.25, -0.2) is 15.3 Å². The molecule has 0 aliphatic rings. The van der Waals surface area contributed by atoms with Gasteiger partial charge in [-0.05, 0) is 0 Å². The summed E-state index contributed by atoms with van der Waals surface area (Å²) in [7, 11) is 0. The van der Waals surface area contributed by atoms with E-state index in [0.29, 0.717) is 13.1 Å². The number of carboxylic acids is 1. The van der Waals surface area contributed by atoms with Gasteiger partial charge in [0.25, 0.3) is 5.91 Å². The molecule has 1 aromatic rings. The predicted octanol–water partition coefficient (Wildman–Crippen LogP) is -1.41. The molecule has 0 aliphatic heterocycles. The number of rotatable bonds is 6. The molecule has 0 unspecified atom stereocenters. The Hall–Kier alpha value is -1.93. The summed E-state index contributed by atoms with van der Waals surface area (Å²) in [6.45, 7) is 0.387. The number of carbonyl (C=O) groups is 2. The third-order valence-electron chi connectivity index (χ3n) is 1.61. The summed E-state index contributed by atoms with van der Waals surface area (Å²) in [6, 6.07) is 0. The summed E-state index contributed by atoms with van der Waals surface area (Å²) in [5, 5.41) is 8.26. The zero-order chi connectivity index (χ0) is 12.0. The molecule has 0 aromatic carbocycles. The van der Waals surface area contributed by atoms with Crippen molar-refractivity contribution in [1.82, 2.24) is 15.0 Å². The first-order valence-corrected chi connectivity index (χ1v) is 4.49. The van der Waals surface area contributed by atoms with Gasteiger partial charge in [-0.2, -0.15) is 0 Å². The van der Waals surface area contributed by atoms with Crippen LogP contribution in [0.4, 0.5) is 0 Å². The van der Waals surface area contributed by atoms with E-state index in [2.05, 4.69) is 9.82 Å². The Balaban J connectivity index is 2.43. The lowest BCUT2D eigenvalue weighted by Gasteiger charge is -2.00. The highest BCUT2D eigenvalue weighted by atomic mass is 16.7. The molecule has 1 heterocycles. The average molecular weight is 228 g/mol. The number of nitrogens with two attached hydrogens (primary N) is 1. The first kappa shape index (κ1) is 12.1. The van der Waals surface area contributed by atoms with Gasteiger partial charge in [0.15, 0.2) is 6.61 Å². The van der Waals surface area contributed by atoms with Gasteiger partial charge in [-0.15, -0.1) is 0 Å². The molecule has 1 rings (SSSR count). The Bertz CT molecular complexity index is 376. The molecule has 8 nitrogen and oxygen atoms in total. The van der Waals surface area contributed by atoms with Crippen molar-refractivity contribution < 1.29 is 19.5 Å². The maximum Gasteiger partial charge on any atom is 0.332 e. The highest BCUT2D eigenvalue weighted by Crippen LogP contribution is 1.95. The summed E-state index contributed by atoms with van der Waals surface area (Å²) in [6.07, 6.45) is 2.95. The molecule has 0 saturated heterocycles. The van der Waals surface area contributed by atoms with Crippen molar-refractivity contribution in [2.45, 2.75) is 6.54 Å². The molecule has 0 bridgehead atoms. The first-order valence-electron chi connectivity index (χ1n) is 4.49. The second-order valence-electron chi connectivity index (χ2n) is 2.90. The van der Waals surface area contributed by atoms with Crippen LogP contribution in [0.3, 0.4) is 0 Å². The number of hydrogen-bond donors (Lipinski definition) is 3. The van der Waals surface area contributed by atoms with E-state index >= 15 is 0 Å². The van der Waals surface area contributed by atoms with Gasteiger partial charge in [0.1, 0.15) is 5.69 Å². The maximum absolute atomic E-state index is 11.3. The zero-order valence-electron chi connectivity index (χ0n) is 8.42. The molecule has 1 aromatic heterocycles.